The third kappa shape index (κ3) is 3.33. The number of benzene rings is 2. The molecule has 0 aromatic heterocycles. The van der Waals surface area contributed by atoms with Crippen LogP contribution in [0.1, 0.15) is 50.2 Å². The van der Waals surface area contributed by atoms with Gasteiger partial charge in [0.1, 0.15) is 6.10 Å². The summed E-state index contributed by atoms with van der Waals surface area (Å²) in [5.74, 6) is 0.542. The molecular weight excluding hydrogens is 348 g/mol. The Hall–Kier alpha value is -1.91. The predicted octanol–water partition coefficient (Wildman–Crippen LogP) is 4.05. The van der Waals surface area contributed by atoms with E-state index in [1.54, 1.807) is 0 Å². The number of hydrogen-bond donors (Lipinski definition) is 1. The molecule has 1 amide bonds. The molecule has 1 unspecified atom stereocenters. The number of nitrogens with one attached hydrogen (secondary N) is 1. The molecule has 4 nitrogen and oxygen atoms in total. The van der Waals surface area contributed by atoms with Crippen LogP contribution in [0.3, 0.4) is 0 Å². The molecule has 28 heavy (non-hydrogen) atoms. The average molecular weight is 379 g/mol. The highest BCUT2D eigenvalue weighted by Crippen LogP contribution is 2.39. The third-order valence-electron chi connectivity index (χ3n) is 7.17. The molecule has 2 aromatic rings. The maximum absolute atomic E-state index is 13.2. The molecule has 2 aliphatic heterocycles. The Kier molecular flexibility index (Phi) is 4.85. The van der Waals surface area contributed by atoms with E-state index in [0.717, 1.165) is 38.8 Å². The van der Waals surface area contributed by atoms with Crippen LogP contribution in [0.5, 0.6) is 0 Å². The molecule has 5 rings (SSSR count). The van der Waals surface area contributed by atoms with Crippen LogP contribution in [0.15, 0.2) is 42.5 Å². The minimum Gasteiger partial charge on any atom is -0.370 e. The van der Waals surface area contributed by atoms with Gasteiger partial charge in [0.2, 0.25) is 5.91 Å². The zero-order chi connectivity index (χ0) is 19.0. The van der Waals surface area contributed by atoms with Gasteiger partial charge < -0.3 is 15.0 Å². The fourth-order valence-electron chi connectivity index (χ4n) is 5.54. The molecule has 1 spiro atoms. The van der Waals surface area contributed by atoms with Crippen LogP contribution in [0.2, 0.25) is 0 Å². The highest BCUT2D eigenvalue weighted by Gasteiger charge is 2.40. The van der Waals surface area contributed by atoms with E-state index in [4.69, 9.17) is 4.74 Å². The first kappa shape index (κ1) is 18.1. The van der Waals surface area contributed by atoms with Crippen molar-refractivity contribution < 1.29 is 9.53 Å². The first-order chi connectivity index (χ1) is 13.7. The van der Waals surface area contributed by atoms with Crippen LogP contribution in [-0.4, -0.2) is 42.6 Å². The summed E-state index contributed by atoms with van der Waals surface area (Å²) in [6.07, 6.45) is 6.91. The molecule has 1 aliphatic carbocycles. The van der Waals surface area contributed by atoms with Gasteiger partial charge in [-0.1, -0.05) is 42.5 Å². The Bertz CT molecular complexity index is 843. The zero-order valence-corrected chi connectivity index (χ0v) is 16.5. The minimum absolute atomic E-state index is 0.0322. The number of amides is 1. The molecule has 4 heteroatoms. The van der Waals surface area contributed by atoms with Gasteiger partial charge in [-0.2, -0.15) is 0 Å². The Morgan fingerprint density at radius 2 is 1.89 bits per heavy atom. The summed E-state index contributed by atoms with van der Waals surface area (Å²) < 4.78 is 6.11. The quantitative estimate of drug-likeness (QED) is 0.857. The highest BCUT2D eigenvalue weighted by molar-refractivity contribution is 5.86. The Morgan fingerprint density at radius 1 is 1.07 bits per heavy atom. The summed E-state index contributed by atoms with van der Waals surface area (Å²) in [5.41, 5.74) is 1.54. The second-order valence-corrected chi connectivity index (χ2v) is 8.80. The first-order valence-electron chi connectivity index (χ1n) is 10.9. The minimum atomic E-state index is -0.0322. The number of fused-ring (bicyclic) bond motifs is 1. The second kappa shape index (κ2) is 7.49. The van der Waals surface area contributed by atoms with Crippen molar-refractivity contribution in [3.05, 3.63) is 48.0 Å². The molecule has 148 valence electrons. The van der Waals surface area contributed by atoms with Crippen molar-refractivity contribution in [3.63, 3.8) is 0 Å². The highest BCUT2D eigenvalue weighted by atomic mass is 16.5. The topological polar surface area (TPSA) is 41.6 Å². The smallest absolute Gasteiger partial charge is 0.225 e. The maximum atomic E-state index is 13.2. The van der Waals surface area contributed by atoms with Crippen molar-refractivity contribution in [2.24, 2.45) is 5.92 Å². The number of morpholine rings is 1. The number of hydrogen-bond acceptors (Lipinski definition) is 3. The van der Waals surface area contributed by atoms with E-state index < -0.39 is 0 Å². The lowest BCUT2D eigenvalue weighted by Gasteiger charge is -2.40. The SMILES string of the molecule is O=C(C1CCC2(CCCN2)CC1)N1CCOC(c2cccc3ccccc23)C1. The summed E-state index contributed by atoms with van der Waals surface area (Å²) >= 11 is 0. The standard InChI is InChI=1S/C24H30N2O2/c27-23(19-9-12-24(13-10-19)11-4-14-25-24)26-15-16-28-22(17-26)21-8-3-6-18-5-1-2-7-20(18)21/h1-3,5-8,19,22,25H,4,9-17H2. The first-order valence-corrected chi connectivity index (χ1v) is 10.9. The molecule has 2 aromatic carbocycles. The summed E-state index contributed by atoms with van der Waals surface area (Å²) in [6.45, 7) is 3.17. The van der Waals surface area contributed by atoms with E-state index >= 15 is 0 Å². The van der Waals surface area contributed by atoms with E-state index in [9.17, 15) is 4.79 Å². The number of nitrogens with zero attached hydrogens (tertiary/aromatic N) is 1. The van der Waals surface area contributed by atoms with Crippen LogP contribution < -0.4 is 5.32 Å². The molecule has 1 saturated carbocycles. The van der Waals surface area contributed by atoms with E-state index in [-0.39, 0.29) is 12.0 Å². The Balaban J connectivity index is 1.28. The van der Waals surface area contributed by atoms with Gasteiger partial charge in [-0.3, -0.25) is 4.79 Å². The van der Waals surface area contributed by atoms with E-state index in [1.165, 1.54) is 29.2 Å². The molecule has 2 saturated heterocycles. The van der Waals surface area contributed by atoms with E-state index in [2.05, 4.69) is 52.7 Å². The number of carbonyl (C=O) groups excluding carboxylic acids is 1. The van der Waals surface area contributed by atoms with Gasteiger partial charge in [0.15, 0.2) is 0 Å². The predicted molar refractivity (Wildman–Crippen MR) is 111 cm³/mol. The lowest BCUT2D eigenvalue weighted by Crippen LogP contribution is -2.49. The number of carbonyl (C=O) groups is 1. The average Bonchev–Trinajstić information content (AvgIpc) is 3.21. The largest absolute Gasteiger partial charge is 0.370 e. The number of ether oxygens (including phenoxy) is 1. The molecule has 1 N–H and O–H groups in total. The van der Waals surface area contributed by atoms with Gasteiger partial charge in [0.25, 0.3) is 0 Å². The van der Waals surface area contributed by atoms with Gasteiger partial charge in [0, 0.05) is 18.0 Å². The zero-order valence-electron chi connectivity index (χ0n) is 16.5. The maximum Gasteiger partial charge on any atom is 0.225 e. The lowest BCUT2D eigenvalue weighted by molar-refractivity contribution is -0.144. The summed E-state index contributed by atoms with van der Waals surface area (Å²) in [4.78, 5) is 15.3. The Labute approximate surface area is 167 Å². The van der Waals surface area contributed by atoms with Gasteiger partial charge >= 0.3 is 0 Å². The lowest BCUT2D eigenvalue weighted by atomic mass is 9.75. The summed E-state index contributed by atoms with van der Waals surface area (Å²) in [5, 5.41) is 6.17. The monoisotopic (exact) mass is 378 g/mol. The molecular formula is C24H30N2O2. The second-order valence-electron chi connectivity index (χ2n) is 8.80. The third-order valence-corrected chi connectivity index (χ3v) is 7.17. The van der Waals surface area contributed by atoms with Crippen molar-refractivity contribution in [1.29, 1.82) is 0 Å². The molecule has 2 heterocycles. The van der Waals surface area contributed by atoms with Gasteiger partial charge in [-0.15, -0.1) is 0 Å². The van der Waals surface area contributed by atoms with Crippen LogP contribution >= 0.6 is 0 Å². The fraction of sp³-hybridized carbons (Fsp3) is 0.542. The van der Waals surface area contributed by atoms with Crippen molar-refractivity contribution >= 4 is 16.7 Å². The van der Waals surface area contributed by atoms with Crippen molar-refractivity contribution in [1.82, 2.24) is 10.2 Å². The van der Waals surface area contributed by atoms with Crippen LogP contribution in [0.25, 0.3) is 10.8 Å². The van der Waals surface area contributed by atoms with Crippen molar-refractivity contribution in [3.8, 4) is 0 Å². The molecule has 3 aliphatic rings. The van der Waals surface area contributed by atoms with Gasteiger partial charge in [0.05, 0.1) is 13.2 Å². The van der Waals surface area contributed by atoms with Gasteiger partial charge in [-0.05, 0) is 61.4 Å². The van der Waals surface area contributed by atoms with Crippen LogP contribution in [0.4, 0.5) is 0 Å². The summed E-state index contributed by atoms with van der Waals surface area (Å²) in [7, 11) is 0. The van der Waals surface area contributed by atoms with Crippen LogP contribution in [-0.2, 0) is 9.53 Å². The molecule has 1 atom stereocenters. The van der Waals surface area contributed by atoms with Crippen molar-refractivity contribution in [2.45, 2.75) is 50.2 Å². The molecule has 0 radical (unpaired) electrons. The molecule has 3 fully saturated rings. The van der Waals surface area contributed by atoms with E-state index in [0.29, 0.717) is 24.6 Å². The molecule has 0 bridgehead atoms. The van der Waals surface area contributed by atoms with Gasteiger partial charge in [-0.25, -0.2) is 0 Å². The summed E-state index contributed by atoms with van der Waals surface area (Å²) in [6, 6.07) is 14.8. The Morgan fingerprint density at radius 3 is 2.71 bits per heavy atom. The van der Waals surface area contributed by atoms with E-state index in [1.807, 2.05) is 0 Å². The number of rotatable bonds is 2. The van der Waals surface area contributed by atoms with Crippen molar-refractivity contribution in [2.75, 3.05) is 26.2 Å². The fourth-order valence-corrected chi connectivity index (χ4v) is 5.54. The van der Waals surface area contributed by atoms with Crippen LogP contribution in [0, 0.1) is 5.92 Å². The normalized spacial score (nSPS) is 30.8.